The van der Waals surface area contributed by atoms with Crippen LogP contribution in [0.3, 0.4) is 0 Å². The Morgan fingerprint density at radius 3 is 2.11 bits per heavy atom. The highest BCUT2D eigenvalue weighted by Gasteiger charge is 2.26. The fraction of sp³-hybridized carbons (Fsp3) is 0.500. The topological polar surface area (TPSA) is 53.1 Å². The maximum Gasteiger partial charge on any atom is 0.150 e. The molecule has 2 atom stereocenters. The first-order valence-corrected chi connectivity index (χ1v) is 6.47. The number of amidine groups is 1. The molecule has 1 aliphatic heterocycles. The van der Waals surface area contributed by atoms with Crippen LogP contribution in [-0.4, -0.2) is 18.9 Å². The normalized spacial score (nSPS) is 23.5. The predicted octanol–water partition coefficient (Wildman–Crippen LogP) is 2.73. The molecule has 3 nitrogen and oxygen atoms in total. The van der Waals surface area contributed by atoms with E-state index in [9.17, 15) is 8.78 Å². The number of piperidine rings is 1. The Hall–Kier alpha value is -1.65. The summed E-state index contributed by atoms with van der Waals surface area (Å²) in [5.41, 5.74) is 5.34. The summed E-state index contributed by atoms with van der Waals surface area (Å²) in [4.78, 5) is 1.76. The lowest BCUT2D eigenvalue weighted by Crippen LogP contribution is -2.39. The molecule has 0 saturated carbocycles. The maximum absolute atomic E-state index is 14.1. The van der Waals surface area contributed by atoms with Crippen molar-refractivity contribution < 1.29 is 8.78 Å². The molecule has 0 spiro atoms. The summed E-state index contributed by atoms with van der Waals surface area (Å²) in [5.74, 6) is -0.798. The Morgan fingerprint density at radius 2 is 1.68 bits per heavy atom. The van der Waals surface area contributed by atoms with Crippen LogP contribution in [0.5, 0.6) is 0 Å². The average Bonchev–Trinajstić information content (AvgIpc) is 2.26. The lowest BCUT2D eigenvalue weighted by molar-refractivity contribution is 0.352. The third-order valence-electron chi connectivity index (χ3n) is 3.51. The smallest absolute Gasteiger partial charge is 0.150 e. The summed E-state index contributed by atoms with van der Waals surface area (Å²) < 4.78 is 28.2. The van der Waals surface area contributed by atoms with Crippen LogP contribution in [0.25, 0.3) is 0 Å². The summed E-state index contributed by atoms with van der Waals surface area (Å²) in [5, 5.41) is 7.24. The number of benzene rings is 1. The number of hydrogen-bond donors (Lipinski definition) is 2. The van der Waals surface area contributed by atoms with Crippen molar-refractivity contribution >= 4 is 11.5 Å². The van der Waals surface area contributed by atoms with Gasteiger partial charge in [0.05, 0.1) is 0 Å². The molecule has 0 aliphatic carbocycles. The van der Waals surface area contributed by atoms with Gasteiger partial charge in [-0.25, -0.2) is 8.78 Å². The van der Waals surface area contributed by atoms with E-state index in [4.69, 9.17) is 11.1 Å². The van der Waals surface area contributed by atoms with E-state index in [2.05, 4.69) is 13.8 Å². The zero-order valence-electron chi connectivity index (χ0n) is 11.2. The molecular formula is C14H19F2N3. The minimum absolute atomic E-state index is 0.00315. The highest BCUT2D eigenvalue weighted by atomic mass is 19.1. The van der Waals surface area contributed by atoms with E-state index in [1.165, 1.54) is 0 Å². The molecule has 0 amide bonds. The van der Waals surface area contributed by atoms with E-state index in [1.54, 1.807) is 4.90 Å². The molecule has 2 unspecified atom stereocenters. The molecule has 0 radical (unpaired) electrons. The first kappa shape index (κ1) is 13.8. The van der Waals surface area contributed by atoms with Crippen LogP contribution in [-0.2, 0) is 0 Å². The summed E-state index contributed by atoms with van der Waals surface area (Å²) in [6, 6.07) is 2.26. The highest BCUT2D eigenvalue weighted by molar-refractivity contribution is 5.95. The average molecular weight is 267 g/mol. The molecule has 1 heterocycles. The van der Waals surface area contributed by atoms with E-state index >= 15 is 0 Å². The fourth-order valence-corrected chi connectivity index (χ4v) is 2.87. The van der Waals surface area contributed by atoms with Crippen LogP contribution in [0.1, 0.15) is 25.8 Å². The highest BCUT2D eigenvalue weighted by Crippen LogP contribution is 2.31. The van der Waals surface area contributed by atoms with E-state index in [0.717, 1.165) is 18.6 Å². The van der Waals surface area contributed by atoms with Gasteiger partial charge >= 0.3 is 0 Å². The monoisotopic (exact) mass is 267 g/mol. The second-order valence-electron chi connectivity index (χ2n) is 5.55. The molecule has 0 bridgehead atoms. The van der Waals surface area contributed by atoms with E-state index in [0.29, 0.717) is 24.9 Å². The van der Waals surface area contributed by atoms with Gasteiger partial charge in [0.2, 0.25) is 0 Å². The zero-order chi connectivity index (χ0) is 14.2. The standard InChI is InChI=1S/C14H19F2N3/c1-8-3-9(2)7-19(6-8)13-11(15)4-10(14(17)18)5-12(13)16/h4-5,8-9H,3,6-7H2,1-2H3,(H3,17,18). The van der Waals surface area contributed by atoms with Crippen molar-refractivity contribution in [3.63, 3.8) is 0 Å². The van der Waals surface area contributed by atoms with Gasteiger partial charge in [-0.3, -0.25) is 5.41 Å². The van der Waals surface area contributed by atoms with Crippen molar-refractivity contribution in [2.75, 3.05) is 18.0 Å². The summed E-state index contributed by atoms with van der Waals surface area (Å²) in [7, 11) is 0. The number of nitrogens with zero attached hydrogens (tertiary/aromatic N) is 1. The Kier molecular flexibility index (Phi) is 3.73. The summed E-state index contributed by atoms with van der Waals surface area (Å²) in [6.07, 6.45) is 1.07. The minimum atomic E-state index is -0.647. The Bertz CT molecular complexity index is 468. The van der Waals surface area contributed by atoms with Gasteiger partial charge < -0.3 is 10.6 Å². The molecule has 1 fully saturated rings. The second kappa shape index (κ2) is 5.15. The van der Waals surface area contributed by atoms with Crippen LogP contribution >= 0.6 is 0 Å². The van der Waals surface area contributed by atoms with Gasteiger partial charge in [-0.05, 0) is 30.4 Å². The molecule has 1 aromatic rings. The minimum Gasteiger partial charge on any atom is -0.384 e. The number of rotatable bonds is 2. The first-order valence-electron chi connectivity index (χ1n) is 6.47. The summed E-state index contributed by atoms with van der Waals surface area (Å²) >= 11 is 0. The molecule has 0 aromatic heterocycles. The van der Waals surface area contributed by atoms with Gasteiger partial charge in [0.25, 0.3) is 0 Å². The lowest BCUT2D eigenvalue weighted by Gasteiger charge is -2.36. The largest absolute Gasteiger partial charge is 0.384 e. The lowest BCUT2D eigenvalue weighted by atomic mass is 9.91. The number of hydrogen-bond acceptors (Lipinski definition) is 2. The molecule has 1 aromatic carbocycles. The van der Waals surface area contributed by atoms with Crippen molar-refractivity contribution in [3.8, 4) is 0 Å². The number of halogens is 2. The van der Waals surface area contributed by atoms with Gasteiger partial charge in [0.15, 0.2) is 0 Å². The predicted molar refractivity (Wildman–Crippen MR) is 72.5 cm³/mol. The Balaban J connectivity index is 2.37. The SMILES string of the molecule is CC1CC(C)CN(c2c(F)cc(C(=N)N)cc2F)C1. The Labute approximate surface area is 111 Å². The molecule has 1 saturated heterocycles. The van der Waals surface area contributed by atoms with Crippen molar-refractivity contribution in [2.45, 2.75) is 20.3 Å². The number of nitrogen functional groups attached to an aromatic ring is 1. The van der Waals surface area contributed by atoms with Crippen LogP contribution in [0.4, 0.5) is 14.5 Å². The first-order chi connectivity index (χ1) is 8.88. The van der Waals surface area contributed by atoms with Crippen molar-refractivity contribution in [2.24, 2.45) is 17.6 Å². The van der Waals surface area contributed by atoms with Crippen LogP contribution in [0.15, 0.2) is 12.1 Å². The molecule has 5 heteroatoms. The molecule has 2 rings (SSSR count). The Morgan fingerprint density at radius 1 is 1.21 bits per heavy atom. The fourth-order valence-electron chi connectivity index (χ4n) is 2.87. The van der Waals surface area contributed by atoms with Gasteiger partial charge in [-0.2, -0.15) is 0 Å². The third-order valence-corrected chi connectivity index (χ3v) is 3.51. The van der Waals surface area contributed by atoms with Gasteiger partial charge in [-0.1, -0.05) is 13.8 Å². The molecule has 104 valence electrons. The quantitative estimate of drug-likeness (QED) is 0.639. The summed E-state index contributed by atoms with van der Waals surface area (Å²) in [6.45, 7) is 5.47. The van der Waals surface area contributed by atoms with Gasteiger partial charge in [0.1, 0.15) is 23.2 Å². The maximum atomic E-state index is 14.1. The van der Waals surface area contributed by atoms with Crippen LogP contribution in [0, 0.1) is 28.9 Å². The number of anilines is 1. The third kappa shape index (κ3) is 2.85. The second-order valence-corrected chi connectivity index (χ2v) is 5.55. The van der Waals surface area contributed by atoms with Crippen molar-refractivity contribution in [1.29, 1.82) is 5.41 Å². The van der Waals surface area contributed by atoms with E-state index in [-0.39, 0.29) is 17.1 Å². The molecule has 19 heavy (non-hydrogen) atoms. The van der Waals surface area contributed by atoms with Crippen LogP contribution < -0.4 is 10.6 Å². The number of nitrogens with one attached hydrogen (secondary N) is 1. The molecule has 3 N–H and O–H groups in total. The zero-order valence-corrected chi connectivity index (χ0v) is 11.2. The van der Waals surface area contributed by atoms with E-state index < -0.39 is 11.6 Å². The molecule has 1 aliphatic rings. The van der Waals surface area contributed by atoms with E-state index in [1.807, 2.05) is 0 Å². The van der Waals surface area contributed by atoms with Crippen molar-refractivity contribution in [1.82, 2.24) is 0 Å². The van der Waals surface area contributed by atoms with Crippen molar-refractivity contribution in [3.05, 3.63) is 29.3 Å². The van der Waals surface area contributed by atoms with Crippen LogP contribution in [0.2, 0.25) is 0 Å². The van der Waals surface area contributed by atoms with Gasteiger partial charge in [-0.15, -0.1) is 0 Å². The molecular weight excluding hydrogens is 248 g/mol. The van der Waals surface area contributed by atoms with Gasteiger partial charge in [0, 0.05) is 18.7 Å². The number of nitrogens with two attached hydrogens (primary N) is 1.